The van der Waals surface area contributed by atoms with Gasteiger partial charge in [0.1, 0.15) is 12.3 Å². The fraction of sp³-hybridized carbons (Fsp3) is 0.417. The normalized spacial score (nSPS) is 23.3. The number of rotatable bonds is 5. The maximum atomic E-state index is 12.2. The molecule has 0 aromatic heterocycles. The van der Waals surface area contributed by atoms with Crippen molar-refractivity contribution in [2.75, 3.05) is 19.1 Å². The first-order chi connectivity index (χ1) is 10.5. The molecule has 22 heavy (non-hydrogen) atoms. The van der Waals surface area contributed by atoms with Gasteiger partial charge in [0.25, 0.3) is 5.91 Å². The van der Waals surface area contributed by atoms with E-state index in [2.05, 4.69) is 16.6 Å². The quantitative estimate of drug-likeness (QED) is 0.303. The third-order valence-electron chi connectivity index (χ3n) is 3.19. The Morgan fingerprint density at radius 1 is 1.59 bits per heavy atom. The number of amides is 2. The predicted molar refractivity (Wildman–Crippen MR) is 77.4 cm³/mol. The van der Waals surface area contributed by atoms with Gasteiger partial charge < -0.3 is 19.4 Å². The topological polar surface area (TPSA) is 94.2 Å². The SMILES string of the molecule is BOC(=O)C1=C(CCl)CO[C@@H]2[C@H](NC(=O)OCC=C)C(=O)N12. The molecule has 10 heteroatoms. The van der Waals surface area contributed by atoms with E-state index in [0.717, 1.165) is 4.90 Å². The summed E-state index contributed by atoms with van der Waals surface area (Å²) >= 11 is 5.76. The Kier molecular flexibility index (Phi) is 5.09. The number of carbonyl (C=O) groups is 3. The number of nitrogens with zero attached hydrogens (tertiary/aromatic N) is 1. The van der Waals surface area contributed by atoms with E-state index >= 15 is 0 Å². The zero-order chi connectivity index (χ0) is 16.3. The van der Waals surface area contributed by atoms with Crippen LogP contribution >= 0.6 is 11.6 Å². The Morgan fingerprint density at radius 2 is 2.32 bits per heavy atom. The number of hydrogen-bond acceptors (Lipinski definition) is 6. The molecule has 2 heterocycles. The molecule has 0 saturated carbocycles. The molecule has 0 unspecified atom stereocenters. The molecule has 2 atom stereocenters. The van der Waals surface area contributed by atoms with E-state index in [1.54, 1.807) is 0 Å². The smallest absolute Gasteiger partial charge is 0.408 e. The molecule has 2 rings (SSSR count). The number of halogens is 1. The Labute approximate surface area is 132 Å². The summed E-state index contributed by atoms with van der Waals surface area (Å²) in [6, 6.07) is -0.922. The maximum Gasteiger partial charge on any atom is 0.408 e. The molecule has 0 bridgehead atoms. The molecule has 0 aromatic rings. The molecule has 0 aliphatic carbocycles. The number of nitrogens with one attached hydrogen (secondary N) is 1. The molecule has 118 valence electrons. The molecule has 8 nitrogen and oxygen atoms in total. The number of carbonyl (C=O) groups excluding carboxylic acids is 3. The highest BCUT2D eigenvalue weighted by atomic mass is 35.5. The predicted octanol–water partition coefficient (Wildman–Crippen LogP) is -0.950. The zero-order valence-corrected chi connectivity index (χ0v) is 12.6. The number of fused-ring (bicyclic) bond motifs is 1. The maximum absolute atomic E-state index is 12.2. The highest BCUT2D eigenvalue weighted by Crippen LogP contribution is 2.33. The fourth-order valence-corrected chi connectivity index (χ4v) is 2.38. The Hall–Kier alpha value is -2.00. The van der Waals surface area contributed by atoms with Gasteiger partial charge in [-0.2, -0.15) is 0 Å². The summed E-state index contributed by atoms with van der Waals surface area (Å²) in [5, 5.41) is 2.38. The Balaban J connectivity index is 2.12. The average molecular weight is 329 g/mol. The Bertz CT molecular complexity index is 552. The third-order valence-corrected chi connectivity index (χ3v) is 3.52. The lowest BCUT2D eigenvalue weighted by atomic mass is 9.99. The van der Waals surface area contributed by atoms with Crippen molar-refractivity contribution in [1.29, 1.82) is 0 Å². The second-order valence-corrected chi connectivity index (χ2v) is 4.76. The van der Waals surface area contributed by atoms with Crippen LogP contribution in [0.15, 0.2) is 23.9 Å². The van der Waals surface area contributed by atoms with Gasteiger partial charge >= 0.3 is 20.1 Å². The zero-order valence-electron chi connectivity index (χ0n) is 11.8. The lowest BCUT2D eigenvalue weighted by molar-refractivity contribution is -0.182. The van der Waals surface area contributed by atoms with Crippen LogP contribution in [0, 0.1) is 0 Å². The van der Waals surface area contributed by atoms with Gasteiger partial charge in [0, 0.05) is 11.5 Å². The van der Waals surface area contributed by atoms with Crippen molar-refractivity contribution in [3.8, 4) is 0 Å². The molecule has 2 aliphatic heterocycles. The summed E-state index contributed by atoms with van der Waals surface area (Å²) in [4.78, 5) is 36.6. The first-order valence-electron chi connectivity index (χ1n) is 6.40. The minimum absolute atomic E-state index is 0.0195. The van der Waals surface area contributed by atoms with E-state index < -0.39 is 30.2 Å². The highest BCUT2D eigenvalue weighted by Gasteiger charge is 2.55. The van der Waals surface area contributed by atoms with E-state index in [9.17, 15) is 14.4 Å². The number of hydrogen-bond donors (Lipinski definition) is 1. The molecule has 1 saturated heterocycles. The van der Waals surface area contributed by atoms with Crippen LogP contribution in [0.1, 0.15) is 0 Å². The van der Waals surface area contributed by atoms with Gasteiger partial charge in [0.2, 0.25) is 0 Å². The summed E-state index contributed by atoms with van der Waals surface area (Å²) in [7, 11) is 1.21. The monoisotopic (exact) mass is 328 g/mol. The van der Waals surface area contributed by atoms with E-state index in [1.165, 1.54) is 14.1 Å². The second-order valence-electron chi connectivity index (χ2n) is 4.50. The largest absolute Gasteiger partial charge is 0.539 e. The van der Waals surface area contributed by atoms with Crippen molar-refractivity contribution in [1.82, 2.24) is 10.2 Å². The van der Waals surface area contributed by atoms with Gasteiger partial charge in [-0.15, -0.1) is 11.6 Å². The summed E-state index contributed by atoms with van der Waals surface area (Å²) in [5.41, 5.74) is 0.516. The van der Waals surface area contributed by atoms with Gasteiger partial charge in [-0.05, 0) is 0 Å². The fourth-order valence-electron chi connectivity index (χ4n) is 2.17. The number of alkyl halides is 1. The Morgan fingerprint density at radius 3 is 2.91 bits per heavy atom. The molecule has 2 aliphatic rings. The van der Waals surface area contributed by atoms with E-state index in [0.29, 0.717) is 5.57 Å². The number of β-lactam (4-membered cyclic amide) rings is 1. The summed E-state index contributed by atoms with van der Waals surface area (Å²) in [6.45, 7) is 3.50. The van der Waals surface area contributed by atoms with Crippen LogP contribution in [0.25, 0.3) is 0 Å². The molecule has 0 spiro atoms. The van der Waals surface area contributed by atoms with Gasteiger partial charge in [-0.25, -0.2) is 9.59 Å². The average Bonchev–Trinajstić information content (AvgIpc) is 2.55. The van der Waals surface area contributed by atoms with Crippen molar-refractivity contribution in [2.24, 2.45) is 0 Å². The van der Waals surface area contributed by atoms with Gasteiger partial charge in [-0.3, -0.25) is 9.69 Å². The van der Waals surface area contributed by atoms with Crippen molar-refractivity contribution >= 4 is 37.6 Å². The lowest BCUT2D eigenvalue weighted by Gasteiger charge is -2.49. The molecule has 1 fully saturated rings. The van der Waals surface area contributed by atoms with Crippen molar-refractivity contribution in [3.63, 3.8) is 0 Å². The third kappa shape index (κ3) is 2.82. The second kappa shape index (κ2) is 6.84. The summed E-state index contributed by atoms with van der Waals surface area (Å²) < 4.78 is 14.9. The first kappa shape index (κ1) is 16.4. The van der Waals surface area contributed by atoms with Crippen LogP contribution in [0.5, 0.6) is 0 Å². The number of alkyl carbamates (subject to hydrolysis) is 1. The standard InChI is InChI=1S/C12H14BClN2O6/c1-2-3-20-12(19)15-7-9(17)16-8(11(18)22-13)6(4-14)5-21-10(7)16/h2,7,10H,1,3-5,13H2,(H,15,19)/t7-,10-/m1/s1. The minimum Gasteiger partial charge on any atom is -0.539 e. The van der Waals surface area contributed by atoms with E-state index in [-0.39, 0.29) is 24.8 Å². The molecule has 0 radical (unpaired) electrons. The van der Waals surface area contributed by atoms with Crippen LogP contribution in [0.2, 0.25) is 0 Å². The minimum atomic E-state index is -0.922. The molecule has 0 aromatic carbocycles. The van der Waals surface area contributed by atoms with Crippen LogP contribution < -0.4 is 5.32 Å². The van der Waals surface area contributed by atoms with Crippen LogP contribution in [0.3, 0.4) is 0 Å². The molecular weight excluding hydrogens is 314 g/mol. The van der Waals surface area contributed by atoms with Crippen LogP contribution in [-0.4, -0.2) is 62.3 Å². The first-order valence-corrected chi connectivity index (χ1v) is 6.93. The summed E-state index contributed by atoms with van der Waals surface area (Å²) in [6.07, 6.45) is -0.158. The summed E-state index contributed by atoms with van der Waals surface area (Å²) in [5.74, 6) is -1.14. The molecule has 1 N–H and O–H groups in total. The van der Waals surface area contributed by atoms with Crippen molar-refractivity contribution in [2.45, 2.75) is 12.3 Å². The molecule has 2 amide bonds. The van der Waals surface area contributed by atoms with E-state index in [4.69, 9.17) is 21.1 Å². The van der Waals surface area contributed by atoms with Gasteiger partial charge in [0.15, 0.2) is 12.3 Å². The highest BCUT2D eigenvalue weighted by molar-refractivity contribution is 6.20. The lowest BCUT2D eigenvalue weighted by Crippen LogP contribution is -2.73. The number of ether oxygens (including phenoxy) is 2. The van der Waals surface area contributed by atoms with Crippen molar-refractivity contribution < 1.29 is 28.5 Å². The van der Waals surface area contributed by atoms with Crippen molar-refractivity contribution in [3.05, 3.63) is 23.9 Å². The van der Waals surface area contributed by atoms with Crippen LogP contribution in [-0.2, 0) is 23.7 Å². The molecular formula is C12H14BClN2O6. The van der Waals surface area contributed by atoms with Gasteiger partial charge in [0.05, 0.1) is 6.61 Å². The van der Waals surface area contributed by atoms with E-state index in [1.807, 2.05) is 0 Å². The van der Waals surface area contributed by atoms with Gasteiger partial charge in [-0.1, -0.05) is 12.7 Å². The van der Waals surface area contributed by atoms with Crippen LogP contribution in [0.4, 0.5) is 4.79 Å².